The van der Waals surface area contributed by atoms with Gasteiger partial charge in [-0.2, -0.15) is 4.72 Å². The molecule has 0 aliphatic carbocycles. The fourth-order valence-corrected chi connectivity index (χ4v) is 4.86. The van der Waals surface area contributed by atoms with Crippen LogP contribution in [0.5, 0.6) is 0 Å². The number of furan rings is 1. The number of para-hydroxylation sites is 1. The van der Waals surface area contributed by atoms with E-state index in [0.29, 0.717) is 17.7 Å². The average molecular weight is 493 g/mol. The predicted molar refractivity (Wildman–Crippen MR) is 133 cm³/mol. The number of carbonyl (C=O) groups excluding carboxylic acids is 1. The first-order chi connectivity index (χ1) is 16.8. The summed E-state index contributed by atoms with van der Waals surface area (Å²) in [4.78, 5) is 23.8. The normalized spacial score (nSPS) is 12.4. The second kappa shape index (κ2) is 10.1. The molecule has 0 saturated heterocycles. The molecule has 3 N–H and O–H groups in total. The Bertz CT molecular complexity index is 1430. The number of anilines is 1. The Morgan fingerprint density at radius 3 is 2.17 bits per heavy atom. The average Bonchev–Trinajstić information content (AvgIpc) is 3.29. The van der Waals surface area contributed by atoms with Crippen molar-refractivity contribution in [2.75, 3.05) is 5.32 Å². The second-order valence-corrected chi connectivity index (χ2v) is 9.72. The third-order valence-electron chi connectivity index (χ3n) is 5.46. The third-order valence-corrected chi connectivity index (χ3v) is 6.95. The Morgan fingerprint density at radius 2 is 1.57 bits per heavy atom. The lowest BCUT2D eigenvalue weighted by molar-refractivity contribution is -0.139. The van der Waals surface area contributed by atoms with Crippen LogP contribution in [0.1, 0.15) is 30.3 Å². The lowest BCUT2D eigenvalue weighted by atomic mass is 10.1. The van der Waals surface area contributed by atoms with Crippen molar-refractivity contribution < 1.29 is 27.5 Å². The van der Waals surface area contributed by atoms with Gasteiger partial charge in [-0.15, -0.1) is 0 Å². The minimum absolute atomic E-state index is 0.0154. The van der Waals surface area contributed by atoms with Crippen molar-refractivity contribution >= 4 is 38.6 Å². The lowest BCUT2D eigenvalue weighted by Gasteiger charge is -2.14. The van der Waals surface area contributed by atoms with Crippen LogP contribution in [0.3, 0.4) is 0 Å². The van der Waals surface area contributed by atoms with E-state index in [1.54, 1.807) is 55.5 Å². The van der Waals surface area contributed by atoms with Gasteiger partial charge in [-0.3, -0.25) is 9.59 Å². The fraction of sp³-hybridized carbons (Fsp3) is 0.154. The predicted octanol–water partition coefficient (Wildman–Crippen LogP) is 4.88. The number of sulfonamides is 1. The van der Waals surface area contributed by atoms with Gasteiger partial charge >= 0.3 is 5.97 Å². The molecule has 3 aromatic carbocycles. The van der Waals surface area contributed by atoms with E-state index in [2.05, 4.69) is 10.0 Å². The maximum atomic E-state index is 12.6. The van der Waals surface area contributed by atoms with E-state index < -0.39 is 22.0 Å². The highest BCUT2D eigenvalue weighted by atomic mass is 32.2. The largest absolute Gasteiger partial charge is 0.480 e. The summed E-state index contributed by atoms with van der Waals surface area (Å²) in [5.41, 5.74) is 2.80. The SMILES string of the molecule is CCC[C@@H](NS(=O)(=O)c1ccc(-c2ccc(NC(=O)c3cc4ccccc4o3)cc2)cc1)C(=O)O. The van der Waals surface area contributed by atoms with Crippen molar-refractivity contribution in [3.05, 3.63) is 84.6 Å². The van der Waals surface area contributed by atoms with Gasteiger partial charge in [0.2, 0.25) is 10.0 Å². The van der Waals surface area contributed by atoms with Crippen LogP contribution in [0, 0.1) is 0 Å². The van der Waals surface area contributed by atoms with Crippen LogP contribution in [0.4, 0.5) is 5.69 Å². The van der Waals surface area contributed by atoms with Crippen molar-refractivity contribution in [2.24, 2.45) is 0 Å². The van der Waals surface area contributed by atoms with E-state index in [9.17, 15) is 23.1 Å². The number of rotatable bonds is 9. The minimum Gasteiger partial charge on any atom is -0.480 e. The summed E-state index contributed by atoms with van der Waals surface area (Å²) in [7, 11) is -3.97. The number of amides is 1. The van der Waals surface area contributed by atoms with Crippen LogP contribution in [-0.2, 0) is 14.8 Å². The molecule has 1 atom stereocenters. The summed E-state index contributed by atoms with van der Waals surface area (Å²) >= 11 is 0. The van der Waals surface area contributed by atoms with Crippen LogP contribution in [0.25, 0.3) is 22.1 Å². The number of carboxylic acid groups (broad SMARTS) is 1. The van der Waals surface area contributed by atoms with Gasteiger partial charge in [-0.1, -0.05) is 55.8 Å². The zero-order chi connectivity index (χ0) is 25.0. The Morgan fingerprint density at radius 1 is 0.943 bits per heavy atom. The maximum absolute atomic E-state index is 12.6. The molecule has 0 fully saturated rings. The Kier molecular flexibility index (Phi) is 6.99. The molecule has 1 amide bonds. The van der Waals surface area contributed by atoms with Crippen molar-refractivity contribution in [3.63, 3.8) is 0 Å². The number of nitrogens with one attached hydrogen (secondary N) is 2. The van der Waals surface area contributed by atoms with Crippen LogP contribution in [0.15, 0.2) is 88.2 Å². The van der Waals surface area contributed by atoms with E-state index in [1.165, 1.54) is 12.1 Å². The van der Waals surface area contributed by atoms with E-state index in [1.807, 2.05) is 18.2 Å². The van der Waals surface area contributed by atoms with Gasteiger partial charge < -0.3 is 14.8 Å². The fourth-order valence-electron chi connectivity index (χ4n) is 3.64. The quantitative estimate of drug-likeness (QED) is 0.306. The molecule has 180 valence electrons. The zero-order valence-electron chi connectivity index (χ0n) is 18.9. The number of hydrogen-bond acceptors (Lipinski definition) is 5. The Labute approximate surface area is 202 Å². The smallest absolute Gasteiger partial charge is 0.321 e. The van der Waals surface area contributed by atoms with Gasteiger partial charge in [0, 0.05) is 11.1 Å². The highest BCUT2D eigenvalue weighted by Gasteiger charge is 2.24. The standard InChI is InChI=1S/C26H24N2O6S/c1-2-5-22(26(30)31)28-35(32,33)21-14-10-18(11-15-21)17-8-12-20(13-9-17)27-25(29)24-16-19-6-3-4-7-23(19)34-24/h3-4,6-16,22,28H,2,5H2,1H3,(H,27,29)(H,30,31)/t22-/m1/s1. The van der Waals surface area contributed by atoms with Gasteiger partial charge in [0.1, 0.15) is 11.6 Å². The molecule has 1 heterocycles. The lowest BCUT2D eigenvalue weighted by Crippen LogP contribution is -2.40. The summed E-state index contributed by atoms with van der Waals surface area (Å²) in [6.45, 7) is 1.79. The number of carboxylic acids is 1. The molecular formula is C26H24N2O6S. The molecule has 0 unspecified atom stereocenters. The summed E-state index contributed by atoms with van der Waals surface area (Å²) in [5, 5.41) is 12.9. The number of fused-ring (bicyclic) bond motifs is 1. The first-order valence-corrected chi connectivity index (χ1v) is 12.5. The van der Waals surface area contributed by atoms with E-state index in [4.69, 9.17) is 4.42 Å². The summed E-state index contributed by atoms with van der Waals surface area (Å²) in [6, 6.07) is 21.1. The van der Waals surface area contributed by atoms with Gasteiger partial charge in [0.25, 0.3) is 5.91 Å². The van der Waals surface area contributed by atoms with Crippen molar-refractivity contribution in [2.45, 2.75) is 30.7 Å². The molecule has 0 bridgehead atoms. The van der Waals surface area contributed by atoms with Crippen LogP contribution in [-0.4, -0.2) is 31.4 Å². The highest BCUT2D eigenvalue weighted by molar-refractivity contribution is 7.89. The number of aliphatic carboxylic acids is 1. The van der Waals surface area contributed by atoms with E-state index in [-0.39, 0.29) is 23.0 Å². The first kappa shape index (κ1) is 24.2. The molecule has 0 radical (unpaired) electrons. The van der Waals surface area contributed by atoms with Crippen molar-refractivity contribution in [1.82, 2.24) is 4.72 Å². The molecular weight excluding hydrogens is 468 g/mol. The number of hydrogen-bond donors (Lipinski definition) is 3. The van der Waals surface area contributed by atoms with Crippen LogP contribution in [0.2, 0.25) is 0 Å². The molecule has 4 aromatic rings. The van der Waals surface area contributed by atoms with Gasteiger partial charge in [0.05, 0.1) is 4.90 Å². The molecule has 1 aromatic heterocycles. The van der Waals surface area contributed by atoms with Crippen molar-refractivity contribution in [3.8, 4) is 11.1 Å². The number of benzene rings is 3. The molecule has 8 nitrogen and oxygen atoms in total. The molecule has 0 aliphatic rings. The minimum atomic E-state index is -3.97. The highest BCUT2D eigenvalue weighted by Crippen LogP contribution is 2.24. The zero-order valence-corrected chi connectivity index (χ0v) is 19.7. The Balaban J connectivity index is 1.44. The molecule has 4 rings (SSSR count). The molecule has 0 spiro atoms. The molecule has 0 aliphatic heterocycles. The first-order valence-electron chi connectivity index (χ1n) is 11.0. The summed E-state index contributed by atoms with van der Waals surface area (Å²) in [6.07, 6.45) is 0.735. The molecule has 35 heavy (non-hydrogen) atoms. The Hall–Kier alpha value is -3.95. The van der Waals surface area contributed by atoms with Crippen LogP contribution >= 0.6 is 0 Å². The summed E-state index contributed by atoms with van der Waals surface area (Å²) in [5.74, 6) is -1.36. The second-order valence-electron chi connectivity index (χ2n) is 8.01. The van der Waals surface area contributed by atoms with Gasteiger partial charge in [-0.05, 0) is 53.9 Å². The van der Waals surface area contributed by atoms with Crippen molar-refractivity contribution in [1.29, 1.82) is 0 Å². The van der Waals surface area contributed by atoms with E-state index >= 15 is 0 Å². The van der Waals surface area contributed by atoms with Gasteiger partial charge in [-0.25, -0.2) is 8.42 Å². The van der Waals surface area contributed by atoms with E-state index in [0.717, 1.165) is 16.5 Å². The molecule has 9 heteroatoms. The number of carbonyl (C=O) groups is 2. The monoisotopic (exact) mass is 492 g/mol. The topological polar surface area (TPSA) is 126 Å². The third kappa shape index (κ3) is 5.59. The summed E-state index contributed by atoms with van der Waals surface area (Å²) < 4.78 is 33.0. The maximum Gasteiger partial charge on any atom is 0.321 e. The van der Waals surface area contributed by atoms with Gasteiger partial charge in [0.15, 0.2) is 5.76 Å². The molecule has 0 saturated carbocycles. The van der Waals surface area contributed by atoms with Crippen LogP contribution < -0.4 is 10.0 Å².